The first-order valence-electron chi connectivity index (χ1n) is 6.97. The molecule has 0 aromatic heterocycles. The lowest BCUT2D eigenvalue weighted by Gasteiger charge is -2.05. The van der Waals surface area contributed by atoms with Gasteiger partial charge in [-0.2, -0.15) is 5.10 Å². The minimum Gasteiger partial charge on any atom is -0.377 e. The van der Waals surface area contributed by atoms with E-state index in [0.29, 0.717) is 6.61 Å². The van der Waals surface area contributed by atoms with E-state index in [-0.39, 0.29) is 0 Å². The van der Waals surface area contributed by atoms with Crippen LogP contribution in [0, 0.1) is 0 Å². The maximum atomic E-state index is 10.5. The zero-order valence-corrected chi connectivity index (χ0v) is 12.0. The predicted octanol–water partition coefficient (Wildman–Crippen LogP) is 2.79. The summed E-state index contributed by atoms with van der Waals surface area (Å²) in [7, 11) is 0. The molecule has 1 rings (SSSR count). The van der Waals surface area contributed by atoms with Gasteiger partial charge in [0.2, 0.25) is 0 Å². The number of nitrogens with zero attached hydrogens (tertiary/aromatic N) is 1. The van der Waals surface area contributed by atoms with E-state index in [0.717, 1.165) is 24.2 Å². The van der Waals surface area contributed by atoms with Gasteiger partial charge < -0.3 is 10.5 Å². The second kappa shape index (κ2) is 9.97. The molecule has 110 valence electrons. The second-order valence-electron chi connectivity index (χ2n) is 4.59. The fourth-order valence-corrected chi connectivity index (χ4v) is 1.75. The van der Waals surface area contributed by atoms with Gasteiger partial charge in [-0.15, -0.1) is 0 Å². The SMILES string of the molecule is CCCCCCOCc1cccc(C=NNC(N)=O)c1. The molecule has 0 unspecified atom stereocenters. The molecule has 3 N–H and O–H groups in total. The minimum absolute atomic E-state index is 0.594. The van der Waals surface area contributed by atoms with Gasteiger partial charge in [-0.05, 0) is 23.6 Å². The lowest BCUT2D eigenvalue weighted by atomic mass is 10.1. The van der Waals surface area contributed by atoms with Crippen LogP contribution in [0.25, 0.3) is 0 Å². The van der Waals surface area contributed by atoms with E-state index in [1.807, 2.05) is 24.3 Å². The lowest BCUT2D eigenvalue weighted by molar-refractivity contribution is 0.117. The van der Waals surface area contributed by atoms with Crippen molar-refractivity contribution in [3.8, 4) is 0 Å². The molecule has 0 aliphatic carbocycles. The van der Waals surface area contributed by atoms with Crippen LogP contribution < -0.4 is 11.2 Å². The molecule has 5 heteroatoms. The van der Waals surface area contributed by atoms with Crippen molar-refractivity contribution in [2.75, 3.05) is 6.61 Å². The van der Waals surface area contributed by atoms with E-state index in [1.54, 1.807) is 6.21 Å². The number of nitrogens with two attached hydrogens (primary N) is 1. The Morgan fingerprint density at radius 2 is 2.25 bits per heavy atom. The van der Waals surface area contributed by atoms with Crippen molar-refractivity contribution in [3.63, 3.8) is 0 Å². The van der Waals surface area contributed by atoms with Crippen LogP contribution >= 0.6 is 0 Å². The highest BCUT2D eigenvalue weighted by molar-refractivity contribution is 5.81. The summed E-state index contributed by atoms with van der Waals surface area (Å²) in [6.45, 7) is 3.58. The quantitative estimate of drug-likeness (QED) is 0.413. The van der Waals surface area contributed by atoms with Gasteiger partial charge >= 0.3 is 6.03 Å². The fourth-order valence-electron chi connectivity index (χ4n) is 1.75. The fraction of sp³-hybridized carbons (Fsp3) is 0.467. The number of hydrogen-bond acceptors (Lipinski definition) is 3. The highest BCUT2D eigenvalue weighted by Gasteiger charge is 1.96. The Morgan fingerprint density at radius 1 is 1.40 bits per heavy atom. The van der Waals surface area contributed by atoms with Gasteiger partial charge in [0.15, 0.2) is 0 Å². The van der Waals surface area contributed by atoms with Crippen molar-refractivity contribution in [1.29, 1.82) is 0 Å². The van der Waals surface area contributed by atoms with E-state index in [2.05, 4.69) is 17.5 Å². The third-order valence-corrected chi connectivity index (χ3v) is 2.75. The van der Waals surface area contributed by atoms with Crippen LogP contribution in [0.15, 0.2) is 29.4 Å². The van der Waals surface area contributed by atoms with E-state index < -0.39 is 6.03 Å². The summed E-state index contributed by atoms with van der Waals surface area (Å²) < 4.78 is 5.63. The Labute approximate surface area is 120 Å². The first-order valence-corrected chi connectivity index (χ1v) is 6.97. The highest BCUT2D eigenvalue weighted by atomic mass is 16.5. The van der Waals surface area contributed by atoms with Crippen LogP contribution in [0.1, 0.15) is 43.7 Å². The molecule has 5 nitrogen and oxygen atoms in total. The second-order valence-corrected chi connectivity index (χ2v) is 4.59. The van der Waals surface area contributed by atoms with Gasteiger partial charge in [0.25, 0.3) is 0 Å². The van der Waals surface area contributed by atoms with Gasteiger partial charge in [-0.25, -0.2) is 10.2 Å². The number of carbonyl (C=O) groups excluding carboxylic acids is 1. The number of amides is 2. The smallest absolute Gasteiger partial charge is 0.332 e. The molecule has 0 radical (unpaired) electrons. The standard InChI is InChI=1S/C15H23N3O2/c1-2-3-4-5-9-20-12-14-8-6-7-13(10-14)11-17-18-15(16)19/h6-8,10-11H,2-5,9,12H2,1H3,(H3,16,18,19). The summed E-state index contributed by atoms with van der Waals surface area (Å²) in [5.41, 5.74) is 9.06. The third kappa shape index (κ3) is 7.53. The number of nitrogens with one attached hydrogen (secondary N) is 1. The average Bonchev–Trinajstić information content (AvgIpc) is 2.43. The van der Waals surface area contributed by atoms with Crippen LogP contribution in [0.3, 0.4) is 0 Å². The minimum atomic E-state index is -0.673. The average molecular weight is 277 g/mol. The monoisotopic (exact) mass is 277 g/mol. The molecule has 0 bridgehead atoms. The van der Waals surface area contributed by atoms with Crippen molar-refractivity contribution in [1.82, 2.24) is 5.43 Å². The molecule has 0 fully saturated rings. The van der Waals surface area contributed by atoms with E-state index in [9.17, 15) is 4.79 Å². The Kier molecular flexibility index (Phi) is 8.07. The molecular formula is C15H23N3O2. The molecule has 2 amide bonds. The topological polar surface area (TPSA) is 76.7 Å². The van der Waals surface area contributed by atoms with Gasteiger partial charge in [0, 0.05) is 6.61 Å². The van der Waals surface area contributed by atoms with Gasteiger partial charge in [-0.1, -0.05) is 44.4 Å². The maximum Gasteiger partial charge on any atom is 0.332 e. The van der Waals surface area contributed by atoms with Gasteiger partial charge in [0.05, 0.1) is 12.8 Å². The number of carbonyl (C=O) groups is 1. The molecule has 1 aromatic carbocycles. The van der Waals surface area contributed by atoms with Gasteiger partial charge in [0.1, 0.15) is 0 Å². The third-order valence-electron chi connectivity index (χ3n) is 2.75. The molecule has 0 saturated heterocycles. The van der Waals surface area contributed by atoms with Gasteiger partial charge in [-0.3, -0.25) is 0 Å². The summed E-state index contributed by atoms with van der Waals surface area (Å²) >= 11 is 0. The van der Waals surface area contributed by atoms with Crippen LogP contribution in [-0.2, 0) is 11.3 Å². The summed E-state index contributed by atoms with van der Waals surface area (Å²) in [4.78, 5) is 10.5. The summed E-state index contributed by atoms with van der Waals surface area (Å²) in [6.07, 6.45) is 6.39. The van der Waals surface area contributed by atoms with Crippen LogP contribution in [0.5, 0.6) is 0 Å². The van der Waals surface area contributed by atoms with E-state index in [1.165, 1.54) is 19.3 Å². The van der Waals surface area contributed by atoms with Crippen molar-refractivity contribution in [2.24, 2.45) is 10.8 Å². The summed E-state index contributed by atoms with van der Waals surface area (Å²) in [5, 5.41) is 3.72. The molecule has 0 spiro atoms. The molecular weight excluding hydrogens is 254 g/mol. The largest absolute Gasteiger partial charge is 0.377 e. The summed E-state index contributed by atoms with van der Waals surface area (Å²) in [5.74, 6) is 0. The number of rotatable bonds is 9. The number of hydrogen-bond donors (Lipinski definition) is 2. The van der Waals surface area contributed by atoms with Crippen molar-refractivity contribution >= 4 is 12.2 Å². The molecule has 0 heterocycles. The van der Waals surface area contributed by atoms with Crippen LogP contribution in [-0.4, -0.2) is 18.9 Å². The van der Waals surface area contributed by atoms with E-state index >= 15 is 0 Å². The van der Waals surface area contributed by atoms with Crippen molar-refractivity contribution < 1.29 is 9.53 Å². The maximum absolute atomic E-state index is 10.5. The van der Waals surface area contributed by atoms with Crippen molar-refractivity contribution in [3.05, 3.63) is 35.4 Å². The first kappa shape index (κ1) is 16.2. The number of primary amides is 1. The van der Waals surface area contributed by atoms with Crippen LogP contribution in [0.4, 0.5) is 4.79 Å². The Hall–Kier alpha value is -1.88. The number of unbranched alkanes of at least 4 members (excludes halogenated alkanes) is 3. The molecule has 1 aromatic rings. The lowest BCUT2D eigenvalue weighted by Crippen LogP contribution is -2.24. The number of ether oxygens (including phenoxy) is 1. The highest BCUT2D eigenvalue weighted by Crippen LogP contribution is 2.06. The molecule has 0 atom stereocenters. The normalized spacial score (nSPS) is 10.8. The Balaban J connectivity index is 2.32. The Morgan fingerprint density at radius 3 is 3.00 bits per heavy atom. The predicted molar refractivity (Wildman–Crippen MR) is 80.6 cm³/mol. The molecule has 0 aliphatic rings. The first-order chi connectivity index (χ1) is 9.72. The summed E-state index contributed by atoms with van der Waals surface area (Å²) in [6, 6.07) is 7.13. The number of hydrazone groups is 1. The number of urea groups is 1. The zero-order chi connectivity index (χ0) is 14.6. The van der Waals surface area contributed by atoms with Crippen LogP contribution in [0.2, 0.25) is 0 Å². The van der Waals surface area contributed by atoms with E-state index in [4.69, 9.17) is 10.5 Å². The zero-order valence-electron chi connectivity index (χ0n) is 12.0. The molecule has 20 heavy (non-hydrogen) atoms. The Bertz CT molecular complexity index is 433. The molecule has 0 aliphatic heterocycles. The number of benzene rings is 1. The molecule has 0 saturated carbocycles. The van der Waals surface area contributed by atoms with Crippen molar-refractivity contribution in [2.45, 2.75) is 39.2 Å².